The number of hydrogen-bond acceptors (Lipinski definition) is 4. The summed E-state index contributed by atoms with van der Waals surface area (Å²) in [6.45, 7) is 4.66. The first-order valence-corrected chi connectivity index (χ1v) is 6.46. The molecule has 0 aromatic heterocycles. The average molecular weight is 269 g/mol. The van der Waals surface area contributed by atoms with E-state index in [1.165, 1.54) is 0 Å². The summed E-state index contributed by atoms with van der Waals surface area (Å²) in [5.41, 5.74) is 0.451. The monoisotopic (exact) mass is 269 g/mol. The Morgan fingerprint density at radius 1 is 1.16 bits per heavy atom. The zero-order valence-electron chi connectivity index (χ0n) is 11.8. The molecule has 108 valence electrons. The van der Waals surface area contributed by atoms with Gasteiger partial charge < -0.3 is 10.2 Å². The van der Waals surface area contributed by atoms with E-state index in [-0.39, 0.29) is 6.42 Å². The SMILES string of the molecule is CC.Cc1ccc(CCC(CO)(CO)[N+](=O)[O-])cc1. The van der Waals surface area contributed by atoms with Gasteiger partial charge in [0.25, 0.3) is 5.54 Å². The van der Waals surface area contributed by atoms with Crippen LogP contribution in [0.1, 0.15) is 31.4 Å². The van der Waals surface area contributed by atoms with Gasteiger partial charge in [0.05, 0.1) is 0 Å². The minimum atomic E-state index is -1.63. The smallest absolute Gasteiger partial charge is 0.267 e. The van der Waals surface area contributed by atoms with Crippen LogP contribution in [0.2, 0.25) is 0 Å². The van der Waals surface area contributed by atoms with E-state index in [0.29, 0.717) is 6.42 Å². The van der Waals surface area contributed by atoms with E-state index in [0.717, 1.165) is 11.1 Å². The molecule has 0 aliphatic rings. The van der Waals surface area contributed by atoms with Gasteiger partial charge in [0, 0.05) is 11.3 Å². The van der Waals surface area contributed by atoms with Crippen LogP contribution in [0, 0.1) is 17.0 Å². The molecule has 0 spiro atoms. The third kappa shape index (κ3) is 4.96. The van der Waals surface area contributed by atoms with E-state index in [2.05, 4.69) is 0 Å². The lowest BCUT2D eigenvalue weighted by Crippen LogP contribution is -2.46. The van der Waals surface area contributed by atoms with E-state index in [1.54, 1.807) is 0 Å². The molecule has 2 N–H and O–H groups in total. The third-order valence-electron chi connectivity index (χ3n) is 2.98. The Kier molecular flexibility index (Phi) is 7.95. The fraction of sp³-hybridized carbons (Fsp3) is 0.571. The second-order valence-electron chi connectivity index (χ2n) is 4.28. The predicted molar refractivity (Wildman–Crippen MR) is 74.7 cm³/mol. The molecule has 0 aliphatic carbocycles. The lowest BCUT2D eigenvalue weighted by molar-refractivity contribution is -0.578. The van der Waals surface area contributed by atoms with Gasteiger partial charge in [-0.25, -0.2) is 0 Å². The number of hydrogen-bond donors (Lipinski definition) is 2. The third-order valence-corrected chi connectivity index (χ3v) is 2.98. The van der Waals surface area contributed by atoms with Crippen molar-refractivity contribution < 1.29 is 15.1 Å². The molecular weight excluding hydrogens is 246 g/mol. The van der Waals surface area contributed by atoms with Crippen LogP contribution >= 0.6 is 0 Å². The van der Waals surface area contributed by atoms with Crippen molar-refractivity contribution in [2.75, 3.05) is 13.2 Å². The first-order chi connectivity index (χ1) is 9.04. The van der Waals surface area contributed by atoms with E-state index >= 15 is 0 Å². The normalized spacial score (nSPS) is 10.6. The summed E-state index contributed by atoms with van der Waals surface area (Å²) < 4.78 is 0. The van der Waals surface area contributed by atoms with Crippen molar-refractivity contribution in [3.05, 3.63) is 45.5 Å². The molecule has 1 aromatic carbocycles. The van der Waals surface area contributed by atoms with Crippen molar-refractivity contribution in [3.63, 3.8) is 0 Å². The van der Waals surface area contributed by atoms with E-state index < -0.39 is 23.7 Å². The Morgan fingerprint density at radius 3 is 2.00 bits per heavy atom. The molecule has 1 aromatic rings. The molecule has 0 atom stereocenters. The van der Waals surface area contributed by atoms with Crippen LogP contribution in [0.25, 0.3) is 0 Å². The number of nitrogens with zero attached hydrogens (tertiary/aromatic N) is 1. The van der Waals surface area contributed by atoms with E-state index in [4.69, 9.17) is 10.2 Å². The Bertz CT molecular complexity index is 372. The van der Waals surface area contributed by atoms with E-state index in [1.807, 2.05) is 45.0 Å². The largest absolute Gasteiger partial charge is 0.389 e. The molecular formula is C14H23NO4. The van der Waals surface area contributed by atoms with Crippen LogP contribution in [0.3, 0.4) is 0 Å². The molecule has 1 rings (SSSR count). The van der Waals surface area contributed by atoms with Crippen LogP contribution in [0.5, 0.6) is 0 Å². The Balaban J connectivity index is 0.00000154. The topological polar surface area (TPSA) is 83.6 Å². The van der Waals surface area contributed by atoms with Gasteiger partial charge in [-0.1, -0.05) is 43.7 Å². The van der Waals surface area contributed by atoms with Gasteiger partial charge in [-0.15, -0.1) is 0 Å². The van der Waals surface area contributed by atoms with E-state index in [9.17, 15) is 10.1 Å². The van der Waals surface area contributed by atoms with Gasteiger partial charge in [-0.2, -0.15) is 0 Å². The predicted octanol–water partition coefficient (Wildman–Crippen LogP) is 1.95. The van der Waals surface area contributed by atoms with Gasteiger partial charge in [0.1, 0.15) is 13.2 Å². The quantitative estimate of drug-likeness (QED) is 0.610. The molecule has 0 saturated heterocycles. The number of aliphatic hydroxyl groups is 2. The van der Waals surface area contributed by atoms with Gasteiger partial charge in [0.15, 0.2) is 0 Å². The highest BCUT2D eigenvalue weighted by molar-refractivity contribution is 5.21. The van der Waals surface area contributed by atoms with Crippen molar-refractivity contribution in [2.45, 2.75) is 39.2 Å². The number of aryl methyl sites for hydroxylation is 2. The van der Waals surface area contributed by atoms with Gasteiger partial charge in [-0.3, -0.25) is 10.1 Å². The Hall–Kier alpha value is -1.46. The molecule has 0 aliphatic heterocycles. The average Bonchev–Trinajstić information content (AvgIpc) is 2.44. The standard InChI is InChI=1S/C12H17NO4.C2H6/c1-10-2-4-11(5-3-10)6-7-12(8-14,9-15)13(16)17;1-2/h2-5,14-15H,6-9H2,1H3;1-2H3. The summed E-state index contributed by atoms with van der Waals surface area (Å²) in [5.74, 6) is 0. The van der Waals surface area contributed by atoms with Gasteiger partial charge >= 0.3 is 0 Å². The zero-order chi connectivity index (χ0) is 14.9. The first kappa shape index (κ1) is 17.5. The summed E-state index contributed by atoms with van der Waals surface area (Å²) in [7, 11) is 0. The number of nitro groups is 1. The lowest BCUT2D eigenvalue weighted by atomic mass is 9.93. The van der Waals surface area contributed by atoms with Crippen LogP contribution < -0.4 is 0 Å². The molecule has 0 bridgehead atoms. The number of aliphatic hydroxyl groups excluding tert-OH is 2. The van der Waals surface area contributed by atoms with Crippen LogP contribution in [-0.2, 0) is 6.42 Å². The summed E-state index contributed by atoms with van der Waals surface area (Å²) >= 11 is 0. The molecule has 0 unspecified atom stereocenters. The van der Waals surface area contributed by atoms with Gasteiger partial charge in [0.2, 0.25) is 0 Å². The highest BCUT2D eigenvalue weighted by Crippen LogP contribution is 2.18. The first-order valence-electron chi connectivity index (χ1n) is 6.46. The molecule has 0 saturated carbocycles. The van der Waals surface area contributed by atoms with Gasteiger partial charge in [-0.05, 0) is 18.9 Å². The van der Waals surface area contributed by atoms with Crippen LogP contribution in [-0.4, -0.2) is 33.9 Å². The van der Waals surface area contributed by atoms with Crippen molar-refractivity contribution in [2.24, 2.45) is 0 Å². The minimum absolute atomic E-state index is 0.121. The minimum Gasteiger partial charge on any atom is -0.389 e. The second kappa shape index (κ2) is 8.61. The Labute approximate surface area is 114 Å². The second-order valence-corrected chi connectivity index (χ2v) is 4.28. The van der Waals surface area contributed by atoms with Crippen molar-refractivity contribution in [1.29, 1.82) is 0 Å². The van der Waals surface area contributed by atoms with Crippen molar-refractivity contribution >= 4 is 0 Å². The summed E-state index contributed by atoms with van der Waals surface area (Å²) in [6, 6.07) is 7.66. The molecule has 0 radical (unpaired) electrons. The molecule has 0 amide bonds. The van der Waals surface area contributed by atoms with Crippen LogP contribution in [0.4, 0.5) is 0 Å². The number of rotatable bonds is 6. The fourth-order valence-corrected chi connectivity index (χ4v) is 1.55. The molecule has 5 heteroatoms. The maximum Gasteiger partial charge on any atom is 0.267 e. The highest BCUT2D eigenvalue weighted by atomic mass is 16.6. The maximum absolute atomic E-state index is 10.8. The van der Waals surface area contributed by atoms with Crippen molar-refractivity contribution in [3.8, 4) is 0 Å². The summed E-state index contributed by atoms with van der Waals surface area (Å²) in [6.07, 6.45) is 0.582. The maximum atomic E-state index is 10.8. The fourth-order valence-electron chi connectivity index (χ4n) is 1.55. The molecule has 0 heterocycles. The summed E-state index contributed by atoms with van der Waals surface area (Å²) in [5, 5.41) is 29.0. The Morgan fingerprint density at radius 2 is 1.63 bits per heavy atom. The zero-order valence-corrected chi connectivity index (χ0v) is 11.8. The molecule has 0 fully saturated rings. The van der Waals surface area contributed by atoms with Crippen LogP contribution in [0.15, 0.2) is 24.3 Å². The highest BCUT2D eigenvalue weighted by Gasteiger charge is 2.41. The van der Waals surface area contributed by atoms with Crippen molar-refractivity contribution in [1.82, 2.24) is 0 Å². The molecule has 5 nitrogen and oxygen atoms in total. The summed E-state index contributed by atoms with van der Waals surface area (Å²) in [4.78, 5) is 10.2. The lowest BCUT2D eigenvalue weighted by Gasteiger charge is -2.20. The number of benzene rings is 1. The molecule has 19 heavy (non-hydrogen) atoms.